The summed E-state index contributed by atoms with van der Waals surface area (Å²) in [5.41, 5.74) is 0.469. The number of thioether (sulfide) groups is 1. The van der Waals surface area contributed by atoms with Gasteiger partial charge in [0.05, 0.1) is 10.6 Å². The van der Waals surface area contributed by atoms with Crippen LogP contribution in [0, 0.1) is 0 Å². The second-order valence-corrected chi connectivity index (χ2v) is 10.4. The van der Waals surface area contributed by atoms with Gasteiger partial charge in [0.25, 0.3) is 0 Å². The van der Waals surface area contributed by atoms with Gasteiger partial charge in [-0.1, -0.05) is 24.2 Å². The van der Waals surface area contributed by atoms with Crippen molar-refractivity contribution in [3.05, 3.63) is 42.0 Å². The lowest BCUT2D eigenvalue weighted by atomic mass is 10.2. The van der Waals surface area contributed by atoms with E-state index < -0.39 is 10.0 Å². The lowest BCUT2D eigenvalue weighted by Gasteiger charge is -2.26. The zero-order valence-corrected chi connectivity index (χ0v) is 18.0. The van der Waals surface area contributed by atoms with Crippen molar-refractivity contribution >= 4 is 54.9 Å². The van der Waals surface area contributed by atoms with Crippen LogP contribution < -0.4 is 5.32 Å². The number of carbonyl (C=O) groups excluding carboxylic acids is 1. The number of nitrogens with zero attached hydrogens (tertiary/aromatic N) is 3. The molecule has 1 N–H and O–H groups in total. The molecule has 0 radical (unpaired) electrons. The Morgan fingerprint density at radius 3 is 2.83 bits per heavy atom. The van der Waals surface area contributed by atoms with Crippen molar-refractivity contribution in [1.29, 1.82) is 0 Å². The Bertz CT molecular complexity index is 1120. The highest BCUT2D eigenvalue weighted by molar-refractivity contribution is 8.00. The fraction of sp³-hybridized carbons (Fsp3) is 0.316. The number of benzene rings is 1. The maximum atomic E-state index is 12.8. The van der Waals surface area contributed by atoms with Crippen LogP contribution in [-0.2, 0) is 14.8 Å². The van der Waals surface area contributed by atoms with Crippen molar-refractivity contribution in [1.82, 2.24) is 14.3 Å². The van der Waals surface area contributed by atoms with Crippen LogP contribution in [0.1, 0.15) is 19.3 Å². The van der Waals surface area contributed by atoms with E-state index in [0.717, 1.165) is 34.5 Å². The van der Waals surface area contributed by atoms with E-state index in [4.69, 9.17) is 0 Å². The van der Waals surface area contributed by atoms with Gasteiger partial charge >= 0.3 is 0 Å². The van der Waals surface area contributed by atoms with Crippen LogP contribution in [0.3, 0.4) is 0 Å². The van der Waals surface area contributed by atoms with Crippen molar-refractivity contribution in [3.63, 3.8) is 0 Å². The van der Waals surface area contributed by atoms with Crippen LogP contribution in [0.25, 0.3) is 10.2 Å². The van der Waals surface area contributed by atoms with Crippen LogP contribution in [0.15, 0.2) is 52.0 Å². The van der Waals surface area contributed by atoms with Crippen molar-refractivity contribution in [2.75, 3.05) is 24.2 Å². The summed E-state index contributed by atoms with van der Waals surface area (Å²) in [6.45, 7) is 1.09. The molecule has 4 rings (SSSR count). The van der Waals surface area contributed by atoms with Crippen LogP contribution in [-0.4, -0.2) is 47.4 Å². The summed E-state index contributed by atoms with van der Waals surface area (Å²) < 4.78 is 27.2. The average Bonchev–Trinajstić information content (AvgIpc) is 3.22. The van der Waals surface area contributed by atoms with Gasteiger partial charge in [-0.05, 0) is 42.5 Å². The van der Waals surface area contributed by atoms with Gasteiger partial charge in [0.1, 0.15) is 16.2 Å². The highest BCUT2D eigenvalue weighted by atomic mass is 32.2. The minimum absolute atomic E-state index is 0.172. The number of fused-ring (bicyclic) bond motifs is 1. The molecule has 3 aromatic rings. The van der Waals surface area contributed by atoms with Gasteiger partial charge in [0.2, 0.25) is 15.9 Å². The molecule has 1 amide bonds. The molecule has 7 nitrogen and oxygen atoms in total. The van der Waals surface area contributed by atoms with Crippen LogP contribution in [0.2, 0.25) is 0 Å². The maximum Gasteiger partial charge on any atom is 0.243 e. The first kappa shape index (κ1) is 20.3. The summed E-state index contributed by atoms with van der Waals surface area (Å²) in [6, 6.07) is 8.38. The van der Waals surface area contributed by atoms with Crippen molar-refractivity contribution in [3.8, 4) is 0 Å². The normalized spacial score (nSPS) is 15.4. The molecule has 0 aliphatic carbocycles. The van der Waals surface area contributed by atoms with Crippen molar-refractivity contribution in [2.24, 2.45) is 0 Å². The number of hydrogen-bond donors (Lipinski definition) is 1. The molecule has 0 saturated carbocycles. The minimum atomic E-state index is -3.53. The SMILES string of the molecule is O=C(CSc1ncnc2sccc12)Nc1cccc(S(=O)(=O)N2CCCCC2)c1. The number of nitrogens with one attached hydrogen (secondary N) is 1. The Morgan fingerprint density at radius 1 is 1.17 bits per heavy atom. The number of piperidine rings is 1. The summed E-state index contributed by atoms with van der Waals surface area (Å²) >= 11 is 2.86. The molecule has 1 fully saturated rings. The van der Waals surface area contributed by atoms with E-state index in [0.29, 0.717) is 18.8 Å². The summed E-state index contributed by atoms with van der Waals surface area (Å²) in [5, 5.41) is 6.42. The van der Waals surface area contributed by atoms with Gasteiger partial charge in [0.15, 0.2) is 0 Å². The van der Waals surface area contributed by atoms with E-state index in [9.17, 15) is 13.2 Å². The topological polar surface area (TPSA) is 92.3 Å². The predicted octanol–water partition coefficient (Wildman–Crippen LogP) is 3.60. The predicted molar refractivity (Wildman–Crippen MR) is 116 cm³/mol. The molecule has 29 heavy (non-hydrogen) atoms. The first-order valence-electron chi connectivity index (χ1n) is 9.25. The quantitative estimate of drug-likeness (QED) is 0.458. The number of aromatic nitrogens is 2. The molecule has 152 valence electrons. The molecule has 0 unspecified atom stereocenters. The molecule has 1 aliphatic heterocycles. The number of thiophene rings is 1. The van der Waals surface area contributed by atoms with Gasteiger partial charge in [0, 0.05) is 24.2 Å². The Labute approximate surface area is 177 Å². The van der Waals surface area contributed by atoms with E-state index in [1.807, 2.05) is 11.4 Å². The molecule has 0 bridgehead atoms. The summed E-state index contributed by atoms with van der Waals surface area (Å²) in [5.74, 6) is -0.0464. The van der Waals surface area contributed by atoms with Crippen LogP contribution in [0.5, 0.6) is 0 Å². The molecule has 3 heterocycles. The standard InChI is InChI=1S/C19H20N4O3S3/c24-17(12-28-19-16-7-10-27-18(16)20-13-21-19)22-14-5-4-6-15(11-14)29(25,26)23-8-2-1-3-9-23/h4-7,10-11,13H,1-3,8-9,12H2,(H,22,24). The molecular weight excluding hydrogens is 428 g/mol. The van der Waals surface area contributed by atoms with E-state index in [-0.39, 0.29) is 16.6 Å². The van der Waals surface area contributed by atoms with Crippen LogP contribution in [0.4, 0.5) is 5.69 Å². The molecular formula is C19H20N4O3S3. The molecule has 1 aromatic carbocycles. The Morgan fingerprint density at radius 2 is 2.00 bits per heavy atom. The first-order chi connectivity index (χ1) is 14.0. The second-order valence-electron chi connectivity index (χ2n) is 6.65. The fourth-order valence-electron chi connectivity index (χ4n) is 3.20. The zero-order valence-electron chi connectivity index (χ0n) is 15.6. The molecule has 10 heteroatoms. The number of sulfonamides is 1. The van der Waals surface area contributed by atoms with E-state index in [1.54, 1.807) is 18.2 Å². The third kappa shape index (κ3) is 4.61. The minimum Gasteiger partial charge on any atom is -0.325 e. The Balaban J connectivity index is 1.42. The van der Waals surface area contributed by atoms with Crippen LogP contribution >= 0.6 is 23.1 Å². The molecule has 0 spiro atoms. The highest BCUT2D eigenvalue weighted by Crippen LogP contribution is 2.28. The molecule has 1 saturated heterocycles. The van der Waals surface area contributed by atoms with E-state index >= 15 is 0 Å². The van der Waals surface area contributed by atoms with E-state index in [2.05, 4.69) is 15.3 Å². The smallest absolute Gasteiger partial charge is 0.243 e. The number of rotatable bonds is 6. The Hall–Kier alpha value is -2.01. The summed E-state index contributed by atoms with van der Waals surface area (Å²) in [7, 11) is -3.53. The maximum absolute atomic E-state index is 12.8. The third-order valence-electron chi connectivity index (χ3n) is 4.64. The lowest BCUT2D eigenvalue weighted by Crippen LogP contribution is -2.35. The Kier molecular flexibility index (Phi) is 6.14. The third-order valence-corrected chi connectivity index (χ3v) is 8.36. The zero-order chi connectivity index (χ0) is 20.3. The highest BCUT2D eigenvalue weighted by Gasteiger charge is 2.26. The number of carbonyl (C=O) groups is 1. The lowest BCUT2D eigenvalue weighted by molar-refractivity contribution is -0.113. The first-order valence-corrected chi connectivity index (χ1v) is 12.6. The summed E-state index contributed by atoms with van der Waals surface area (Å²) in [4.78, 5) is 21.9. The molecule has 1 aliphatic rings. The molecule has 2 aromatic heterocycles. The van der Waals surface area contributed by atoms with Gasteiger partial charge in [-0.2, -0.15) is 4.31 Å². The van der Waals surface area contributed by atoms with Gasteiger partial charge < -0.3 is 5.32 Å². The second kappa shape index (κ2) is 8.78. The molecule has 0 atom stereocenters. The number of anilines is 1. The fourth-order valence-corrected chi connectivity index (χ4v) is 6.34. The number of amides is 1. The average molecular weight is 449 g/mol. The largest absolute Gasteiger partial charge is 0.325 e. The van der Waals surface area contributed by atoms with Crippen molar-refractivity contribution in [2.45, 2.75) is 29.2 Å². The van der Waals surface area contributed by atoms with Crippen molar-refractivity contribution < 1.29 is 13.2 Å². The summed E-state index contributed by atoms with van der Waals surface area (Å²) in [6.07, 6.45) is 4.32. The van der Waals surface area contributed by atoms with Gasteiger partial charge in [-0.3, -0.25) is 4.79 Å². The van der Waals surface area contributed by atoms with E-state index in [1.165, 1.54) is 39.8 Å². The monoisotopic (exact) mass is 448 g/mol. The number of hydrogen-bond acceptors (Lipinski definition) is 7. The van der Waals surface area contributed by atoms with Gasteiger partial charge in [-0.15, -0.1) is 11.3 Å². The van der Waals surface area contributed by atoms with Gasteiger partial charge in [-0.25, -0.2) is 18.4 Å².